The van der Waals surface area contributed by atoms with Crippen LogP contribution in [0.4, 0.5) is 24.5 Å². The monoisotopic (exact) mass is 474 g/mol. The second-order valence-corrected chi connectivity index (χ2v) is 6.84. The zero-order chi connectivity index (χ0) is 23.9. The molecule has 12 heteroatoms. The Morgan fingerprint density at radius 1 is 1.03 bits per heavy atom. The van der Waals surface area contributed by atoms with Crippen molar-refractivity contribution in [3.05, 3.63) is 58.6 Å². The van der Waals surface area contributed by atoms with Gasteiger partial charge in [0, 0.05) is 29.4 Å². The molecule has 3 rings (SSSR count). The fraction of sp³-hybridized carbons (Fsp3) is 0.250. The van der Waals surface area contributed by atoms with E-state index in [4.69, 9.17) is 26.2 Å². The Bertz CT molecular complexity index is 994. The van der Waals surface area contributed by atoms with Crippen LogP contribution < -0.4 is 10.2 Å². The molecule has 0 bridgehead atoms. The number of ether oxygens (including phenoxy) is 1. The number of hydrogen-bond acceptors (Lipinski definition) is 5. The molecule has 1 saturated heterocycles. The average molecular weight is 475 g/mol. The first-order valence-electron chi connectivity index (χ1n) is 9.06. The van der Waals surface area contributed by atoms with E-state index in [2.05, 4.69) is 5.32 Å². The lowest BCUT2D eigenvalue weighted by Gasteiger charge is -2.30. The maximum atomic E-state index is 12.3. The summed E-state index contributed by atoms with van der Waals surface area (Å²) < 4.78 is 37.0. The molecular formula is C20H18ClF3N2O6. The van der Waals surface area contributed by atoms with Gasteiger partial charge in [0.2, 0.25) is 0 Å². The van der Waals surface area contributed by atoms with E-state index in [9.17, 15) is 27.9 Å². The third-order valence-electron chi connectivity index (χ3n) is 4.17. The number of benzene rings is 2. The molecule has 0 saturated carbocycles. The predicted molar refractivity (Wildman–Crippen MR) is 110 cm³/mol. The summed E-state index contributed by atoms with van der Waals surface area (Å²) in [7, 11) is 0. The van der Waals surface area contributed by atoms with E-state index < -0.39 is 18.1 Å². The fourth-order valence-electron chi connectivity index (χ4n) is 2.70. The van der Waals surface area contributed by atoms with Gasteiger partial charge in [0.15, 0.2) is 0 Å². The summed E-state index contributed by atoms with van der Waals surface area (Å²) >= 11 is 5.89. The van der Waals surface area contributed by atoms with Crippen molar-refractivity contribution < 1.29 is 42.5 Å². The summed E-state index contributed by atoms with van der Waals surface area (Å²) in [5, 5.41) is 19.8. The summed E-state index contributed by atoms with van der Waals surface area (Å²) in [6.07, 6.45) is -5.08. The van der Waals surface area contributed by atoms with Crippen LogP contribution in [-0.4, -0.2) is 60.5 Å². The second kappa shape index (κ2) is 10.8. The number of anilines is 2. The quantitative estimate of drug-likeness (QED) is 0.617. The molecule has 172 valence electrons. The number of hydrogen-bond donors (Lipinski definition) is 3. The summed E-state index contributed by atoms with van der Waals surface area (Å²) in [6, 6.07) is 11.4. The van der Waals surface area contributed by atoms with E-state index in [1.165, 1.54) is 6.07 Å². The number of morpholine rings is 1. The molecule has 0 aliphatic carbocycles. The number of carboxylic acid groups (broad SMARTS) is 2. The molecule has 0 radical (unpaired) electrons. The van der Waals surface area contributed by atoms with Crippen LogP contribution >= 0.6 is 11.6 Å². The molecule has 1 aliphatic rings. The van der Waals surface area contributed by atoms with Crippen molar-refractivity contribution in [1.82, 2.24) is 0 Å². The van der Waals surface area contributed by atoms with Crippen LogP contribution in [0.5, 0.6) is 0 Å². The van der Waals surface area contributed by atoms with Crippen LogP contribution in [0, 0.1) is 0 Å². The molecule has 1 heterocycles. The number of carboxylic acids is 2. The molecule has 2 aromatic carbocycles. The van der Waals surface area contributed by atoms with Gasteiger partial charge in [0.25, 0.3) is 5.91 Å². The molecule has 32 heavy (non-hydrogen) atoms. The highest BCUT2D eigenvalue weighted by Crippen LogP contribution is 2.26. The second-order valence-electron chi connectivity index (χ2n) is 6.40. The Balaban J connectivity index is 0.000000451. The largest absolute Gasteiger partial charge is 0.490 e. The van der Waals surface area contributed by atoms with Crippen LogP contribution in [0.15, 0.2) is 42.5 Å². The van der Waals surface area contributed by atoms with E-state index >= 15 is 0 Å². The van der Waals surface area contributed by atoms with Gasteiger partial charge in [-0.1, -0.05) is 17.7 Å². The summed E-state index contributed by atoms with van der Waals surface area (Å²) in [4.78, 5) is 34.8. The number of carbonyl (C=O) groups excluding carboxylic acids is 1. The normalized spacial score (nSPS) is 13.6. The lowest BCUT2D eigenvalue weighted by molar-refractivity contribution is -0.192. The molecule has 2 aromatic rings. The first-order chi connectivity index (χ1) is 15.0. The van der Waals surface area contributed by atoms with Gasteiger partial charge in [-0.3, -0.25) is 4.79 Å². The number of nitrogens with one attached hydrogen (secondary N) is 1. The van der Waals surface area contributed by atoms with Crippen molar-refractivity contribution in [1.29, 1.82) is 0 Å². The molecule has 0 aromatic heterocycles. The predicted octanol–water partition coefficient (Wildman–Crippen LogP) is 3.76. The zero-order valence-electron chi connectivity index (χ0n) is 16.4. The Labute approximate surface area is 185 Å². The first-order valence-corrected chi connectivity index (χ1v) is 9.44. The number of aliphatic carboxylic acids is 1. The van der Waals surface area contributed by atoms with Crippen LogP contribution in [0.1, 0.15) is 20.7 Å². The van der Waals surface area contributed by atoms with Crippen molar-refractivity contribution in [3.63, 3.8) is 0 Å². The van der Waals surface area contributed by atoms with E-state index in [1.807, 2.05) is 4.90 Å². The van der Waals surface area contributed by atoms with Gasteiger partial charge in [-0.15, -0.1) is 0 Å². The number of carbonyl (C=O) groups is 3. The number of rotatable bonds is 4. The molecular weight excluding hydrogens is 457 g/mol. The molecule has 0 spiro atoms. The minimum atomic E-state index is -5.08. The molecule has 1 fully saturated rings. The first kappa shape index (κ1) is 25.0. The Hall–Kier alpha value is -3.31. The van der Waals surface area contributed by atoms with Crippen LogP contribution in [0.2, 0.25) is 5.02 Å². The Morgan fingerprint density at radius 3 is 2.19 bits per heavy atom. The van der Waals surface area contributed by atoms with Crippen molar-refractivity contribution in [2.75, 3.05) is 36.5 Å². The molecule has 0 atom stereocenters. The lowest BCUT2D eigenvalue weighted by atomic mass is 10.1. The maximum Gasteiger partial charge on any atom is 0.490 e. The maximum absolute atomic E-state index is 12.3. The SMILES string of the molecule is O=C(Nc1ccc(N2CCOCC2)c(C(=O)O)c1)c1cccc(Cl)c1.O=C(O)C(F)(F)F. The van der Waals surface area contributed by atoms with E-state index in [0.29, 0.717) is 48.3 Å². The fourth-order valence-corrected chi connectivity index (χ4v) is 2.89. The third kappa shape index (κ3) is 7.13. The Kier molecular flexibility index (Phi) is 8.44. The van der Waals surface area contributed by atoms with Gasteiger partial charge >= 0.3 is 18.1 Å². The van der Waals surface area contributed by atoms with Crippen molar-refractivity contribution >= 4 is 40.8 Å². The third-order valence-corrected chi connectivity index (χ3v) is 4.40. The highest BCUT2D eigenvalue weighted by atomic mass is 35.5. The highest BCUT2D eigenvalue weighted by Gasteiger charge is 2.38. The lowest BCUT2D eigenvalue weighted by Crippen LogP contribution is -2.37. The van der Waals surface area contributed by atoms with Gasteiger partial charge in [0.1, 0.15) is 0 Å². The smallest absolute Gasteiger partial charge is 0.478 e. The van der Waals surface area contributed by atoms with Crippen LogP contribution in [0.25, 0.3) is 0 Å². The molecule has 3 N–H and O–H groups in total. The topological polar surface area (TPSA) is 116 Å². The number of aromatic carboxylic acids is 1. The standard InChI is InChI=1S/C18H17ClN2O4.C2HF3O2/c19-13-3-1-2-12(10-13)17(22)20-14-4-5-16(15(11-14)18(23)24)21-6-8-25-9-7-21;3-2(4,5)1(6)7/h1-5,10-11H,6-9H2,(H,20,22)(H,23,24);(H,6,7). The zero-order valence-corrected chi connectivity index (χ0v) is 17.1. The summed E-state index contributed by atoms with van der Waals surface area (Å²) in [6.45, 7) is 2.39. The molecule has 8 nitrogen and oxygen atoms in total. The summed E-state index contributed by atoms with van der Waals surface area (Å²) in [5.41, 5.74) is 1.59. The average Bonchev–Trinajstić information content (AvgIpc) is 2.74. The molecule has 1 aliphatic heterocycles. The minimum Gasteiger partial charge on any atom is -0.478 e. The number of halogens is 4. The van der Waals surface area contributed by atoms with E-state index in [-0.39, 0.29) is 11.5 Å². The van der Waals surface area contributed by atoms with Gasteiger partial charge in [-0.25, -0.2) is 9.59 Å². The van der Waals surface area contributed by atoms with E-state index in [1.54, 1.807) is 36.4 Å². The van der Waals surface area contributed by atoms with Crippen molar-refractivity contribution in [2.45, 2.75) is 6.18 Å². The minimum absolute atomic E-state index is 0.144. The van der Waals surface area contributed by atoms with Gasteiger partial charge < -0.3 is 25.2 Å². The Morgan fingerprint density at radius 2 is 1.66 bits per heavy atom. The highest BCUT2D eigenvalue weighted by molar-refractivity contribution is 6.31. The van der Waals surface area contributed by atoms with Gasteiger partial charge in [0.05, 0.1) is 24.5 Å². The van der Waals surface area contributed by atoms with Gasteiger partial charge in [-0.05, 0) is 36.4 Å². The molecule has 1 amide bonds. The number of nitrogens with zero attached hydrogens (tertiary/aromatic N) is 1. The van der Waals surface area contributed by atoms with Crippen molar-refractivity contribution in [2.24, 2.45) is 0 Å². The number of alkyl halides is 3. The van der Waals surface area contributed by atoms with Crippen LogP contribution in [-0.2, 0) is 9.53 Å². The van der Waals surface area contributed by atoms with Gasteiger partial charge in [-0.2, -0.15) is 13.2 Å². The number of amides is 1. The van der Waals surface area contributed by atoms with Crippen LogP contribution in [0.3, 0.4) is 0 Å². The van der Waals surface area contributed by atoms with E-state index in [0.717, 1.165) is 0 Å². The van der Waals surface area contributed by atoms with Crippen molar-refractivity contribution in [3.8, 4) is 0 Å². The summed E-state index contributed by atoms with van der Waals surface area (Å²) in [5.74, 6) is -4.15. The molecule has 0 unspecified atom stereocenters.